The SMILES string of the molecule is CC(C)(C)c1ccc(OCc2ccc(C(=O)N/N=C/c3cccs3)cc2)cc1. The van der Waals surface area contributed by atoms with Crippen LogP contribution < -0.4 is 10.2 Å². The Morgan fingerprint density at radius 2 is 1.79 bits per heavy atom. The second-order valence-electron chi connectivity index (χ2n) is 7.47. The van der Waals surface area contributed by atoms with Crippen LogP contribution in [0.1, 0.15) is 47.1 Å². The summed E-state index contributed by atoms with van der Waals surface area (Å²) in [5.74, 6) is 0.593. The van der Waals surface area contributed by atoms with Gasteiger partial charge in [-0.3, -0.25) is 4.79 Å². The number of amides is 1. The maximum absolute atomic E-state index is 12.1. The van der Waals surface area contributed by atoms with Crippen LogP contribution in [0.3, 0.4) is 0 Å². The minimum Gasteiger partial charge on any atom is -0.489 e. The Bertz CT molecular complexity index is 922. The molecule has 0 fully saturated rings. The fourth-order valence-corrected chi connectivity index (χ4v) is 3.14. The first-order chi connectivity index (χ1) is 13.4. The summed E-state index contributed by atoms with van der Waals surface area (Å²) in [7, 11) is 0. The van der Waals surface area contributed by atoms with Gasteiger partial charge in [-0.05, 0) is 52.3 Å². The lowest BCUT2D eigenvalue weighted by Gasteiger charge is -2.19. The second-order valence-corrected chi connectivity index (χ2v) is 8.45. The highest BCUT2D eigenvalue weighted by molar-refractivity contribution is 7.11. The normalized spacial score (nSPS) is 11.5. The number of hydrazone groups is 1. The van der Waals surface area contributed by atoms with E-state index in [0.29, 0.717) is 12.2 Å². The molecule has 0 atom stereocenters. The number of hydrogen-bond donors (Lipinski definition) is 1. The van der Waals surface area contributed by atoms with Gasteiger partial charge in [-0.1, -0.05) is 51.1 Å². The lowest BCUT2D eigenvalue weighted by Crippen LogP contribution is -2.17. The van der Waals surface area contributed by atoms with E-state index in [9.17, 15) is 4.79 Å². The van der Waals surface area contributed by atoms with Crippen LogP contribution in [-0.2, 0) is 12.0 Å². The van der Waals surface area contributed by atoms with Crippen molar-refractivity contribution in [1.29, 1.82) is 0 Å². The van der Waals surface area contributed by atoms with Gasteiger partial charge in [-0.2, -0.15) is 5.10 Å². The number of hydrogen-bond acceptors (Lipinski definition) is 4. The predicted molar refractivity (Wildman–Crippen MR) is 115 cm³/mol. The van der Waals surface area contributed by atoms with Gasteiger partial charge in [0, 0.05) is 10.4 Å². The average Bonchev–Trinajstić information content (AvgIpc) is 3.20. The third-order valence-corrected chi connectivity index (χ3v) is 5.05. The van der Waals surface area contributed by atoms with E-state index in [1.807, 2.05) is 41.8 Å². The molecule has 1 N–H and O–H groups in total. The zero-order chi connectivity index (χ0) is 20.0. The molecular formula is C23H24N2O2S. The Kier molecular flexibility index (Phi) is 6.26. The molecule has 0 spiro atoms. The van der Waals surface area contributed by atoms with Gasteiger partial charge in [0.05, 0.1) is 6.21 Å². The molecule has 1 amide bonds. The first-order valence-corrected chi connectivity index (χ1v) is 9.99. The van der Waals surface area contributed by atoms with Gasteiger partial charge in [0.2, 0.25) is 0 Å². The number of carbonyl (C=O) groups is 1. The van der Waals surface area contributed by atoms with Crippen molar-refractivity contribution in [2.24, 2.45) is 5.10 Å². The van der Waals surface area contributed by atoms with Crippen LogP contribution in [0.15, 0.2) is 71.1 Å². The lowest BCUT2D eigenvalue weighted by molar-refractivity contribution is 0.0955. The van der Waals surface area contributed by atoms with E-state index in [1.165, 1.54) is 5.56 Å². The van der Waals surface area contributed by atoms with Crippen molar-refractivity contribution in [1.82, 2.24) is 5.43 Å². The number of nitrogens with zero attached hydrogens (tertiary/aromatic N) is 1. The Morgan fingerprint density at radius 1 is 1.07 bits per heavy atom. The van der Waals surface area contributed by atoms with E-state index in [1.54, 1.807) is 29.7 Å². The first-order valence-electron chi connectivity index (χ1n) is 9.11. The van der Waals surface area contributed by atoms with E-state index in [-0.39, 0.29) is 11.3 Å². The summed E-state index contributed by atoms with van der Waals surface area (Å²) in [4.78, 5) is 13.1. The van der Waals surface area contributed by atoms with Gasteiger partial charge in [0.25, 0.3) is 5.91 Å². The van der Waals surface area contributed by atoms with Crippen LogP contribution in [0.25, 0.3) is 0 Å². The minimum absolute atomic E-state index is 0.128. The first kappa shape index (κ1) is 19.8. The van der Waals surface area contributed by atoms with Gasteiger partial charge in [-0.15, -0.1) is 11.3 Å². The summed E-state index contributed by atoms with van der Waals surface area (Å²) in [5, 5.41) is 5.94. The zero-order valence-electron chi connectivity index (χ0n) is 16.3. The second kappa shape index (κ2) is 8.85. The van der Waals surface area contributed by atoms with Crippen molar-refractivity contribution >= 4 is 23.5 Å². The molecule has 2 aromatic carbocycles. The predicted octanol–water partition coefficient (Wildman–Crippen LogP) is 5.39. The molecule has 3 rings (SSSR count). The van der Waals surface area contributed by atoms with Crippen molar-refractivity contribution in [2.75, 3.05) is 0 Å². The smallest absolute Gasteiger partial charge is 0.271 e. The third-order valence-electron chi connectivity index (χ3n) is 4.24. The lowest BCUT2D eigenvalue weighted by atomic mass is 9.87. The fourth-order valence-electron chi connectivity index (χ4n) is 2.55. The Morgan fingerprint density at radius 3 is 2.39 bits per heavy atom. The van der Waals surface area contributed by atoms with Crippen LogP contribution in [0.2, 0.25) is 0 Å². The summed E-state index contributed by atoms with van der Waals surface area (Å²) >= 11 is 1.56. The van der Waals surface area contributed by atoms with Crippen molar-refractivity contribution in [3.8, 4) is 5.75 Å². The quantitative estimate of drug-likeness (QED) is 0.452. The number of nitrogens with one attached hydrogen (secondary N) is 1. The van der Waals surface area contributed by atoms with E-state index >= 15 is 0 Å². The highest BCUT2D eigenvalue weighted by atomic mass is 32.1. The molecule has 4 nitrogen and oxygen atoms in total. The van der Waals surface area contributed by atoms with Crippen molar-refractivity contribution in [2.45, 2.75) is 32.8 Å². The summed E-state index contributed by atoms with van der Waals surface area (Å²) in [6, 6.07) is 19.4. The number of thiophene rings is 1. The molecule has 0 aliphatic heterocycles. The minimum atomic E-state index is -0.238. The summed E-state index contributed by atoms with van der Waals surface area (Å²) in [6.07, 6.45) is 1.63. The van der Waals surface area contributed by atoms with E-state index < -0.39 is 0 Å². The number of ether oxygens (including phenoxy) is 1. The molecule has 0 saturated heterocycles. The topological polar surface area (TPSA) is 50.7 Å². The van der Waals surface area contributed by atoms with Crippen molar-refractivity contribution in [3.63, 3.8) is 0 Å². The maximum atomic E-state index is 12.1. The third kappa shape index (κ3) is 5.54. The number of benzene rings is 2. The van der Waals surface area contributed by atoms with E-state index in [0.717, 1.165) is 16.2 Å². The van der Waals surface area contributed by atoms with Crippen LogP contribution in [0, 0.1) is 0 Å². The van der Waals surface area contributed by atoms with Crippen LogP contribution in [-0.4, -0.2) is 12.1 Å². The molecule has 1 heterocycles. The van der Waals surface area contributed by atoms with Crippen molar-refractivity contribution < 1.29 is 9.53 Å². The molecule has 144 valence electrons. The fraction of sp³-hybridized carbons (Fsp3) is 0.217. The number of rotatable bonds is 6. The standard InChI is InChI=1S/C23H24N2O2S/c1-23(2,3)19-10-12-20(13-11-19)27-16-17-6-8-18(9-7-17)22(26)25-24-15-21-5-4-14-28-21/h4-15H,16H2,1-3H3,(H,25,26)/b24-15+. The Hall–Kier alpha value is -2.92. The molecule has 3 aromatic rings. The Labute approximate surface area is 169 Å². The Balaban J connectivity index is 1.52. The molecule has 0 bridgehead atoms. The van der Waals surface area contributed by atoms with Gasteiger partial charge >= 0.3 is 0 Å². The molecule has 5 heteroatoms. The molecule has 0 aliphatic rings. The van der Waals surface area contributed by atoms with Crippen molar-refractivity contribution in [3.05, 3.63) is 87.6 Å². The van der Waals surface area contributed by atoms with Crippen LogP contribution in [0.5, 0.6) is 5.75 Å². The van der Waals surface area contributed by atoms with Gasteiger partial charge in [-0.25, -0.2) is 5.43 Å². The molecule has 0 radical (unpaired) electrons. The van der Waals surface area contributed by atoms with Crippen LogP contribution in [0.4, 0.5) is 0 Å². The molecular weight excluding hydrogens is 368 g/mol. The molecule has 0 unspecified atom stereocenters. The monoisotopic (exact) mass is 392 g/mol. The molecule has 1 aromatic heterocycles. The summed E-state index contributed by atoms with van der Waals surface area (Å²) < 4.78 is 5.84. The highest BCUT2D eigenvalue weighted by Crippen LogP contribution is 2.24. The number of carbonyl (C=O) groups excluding carboxylic acids is 1. The average molecular weight is 393 g/mol. The molecule has 28 heavy (non-hydrogen) atoms. The molecule has 0 aliphatic carbocycles. The largest absolute Gasteiger partial charge is 0.489 e. The van der Waals surface area contributed by atoms with E-state index in [2.05, 4.69) is 43.4 Å². The van der Waals surface area contributed by atoms with Gasteiger partial charge in [0.15, 0.2) is 0 Å². The van der Waals surface area contributed by atoms with Gasteiger partial charge in [0.1, 0.15) is 12.4 Å². The summed E-state index contributed by atoms with van der Waals surface area (Å²) in [6.45, 7) is 7.02. The van der Waals surface area contributed by atoms with Gasteiger partial charge < -0.3 is 4.74 Å². The van der Waals surface area contributed by atoms with E-state index in [4.69, 9.17) is 4.74 Å². The zero-order valence-corrected chi connectivity index (χ0v) is 17.1. The van der Waals surface area contributed by atoms with Crippen LogP contribution >= 0.6 is 11.3 Å². The maximum Gasteiger partial charge on any atom is 0.271 e. The highest BCUT2D eigenvalue weighted by Gasteiger charge is 2.13. The summed E-state index contributed by atoms with van der Waals surface area (Å²) in [5.41, 5.74) is 5.50. The molecule has 0 saturated carbocycles.